The predicted octanol–water partition coefficient (Wildman–Crippen LogP) is 3.65. The number of alkyl halides is 3. The van der Waals surface area contributed by atoms with Crippen molar-refractivity contribution in [2.45, 2.75) is 19.5 Å². The van der Waals surface area contributed by atoms with Gasteiger partial charge >= 0.3 is 6.36 Å². The van der Waals surface area contributed by atoms with Crippen molar-refractivity contribution in [2.24, 2.45) is 4.99 Å². The molecule has 0 fully saturated rings. The summed E-state index contributed by atoms with van der Waals surface area (Å²) in [5.41, 5.74) is 2.25. The zero-order chi connectivity index (χ0) is 20.7. The Hall–Kier alpha value is -2.83. The average molecular weight is 532 g/mol. The number of aliphatic imine (C=N–C) groups is 1. The fraction of sp³-hybridized carbons (Fsp3) is 0.211. The number of nitrogens with zero attached hydrogens (tertiary/aromatic N) is 4. The minimum absolute atomic E-state index is 0. The summed E-state index contributed by atoms with van der Waals surface area (Å²) in [7, 11) is 1.58. The van der Waals surface area contributed by atoms with Crippen molar-refractivity contribution < 1.29 is 17.9 Å². The molecule has 0 unspecified atom stereocenters. The molecule has 0 amide bonds. The van der Waals surface area contributed by atoms with Crippen LogP contribution in [0.1, 0.15) is 11.1 Å². The Balaban J connectivity index is 0.00000320. The summed E-state index contributed by atoms with van der Waals surface area (Å²) in [4.78, 5) is 8.00. The first-order chi connectivity index (χ1) is 13.9. The van der Waals surface area contributed by atoms with Crippen LogP contribution in [0.3, 0.4) is 0 Å². The normalized spacial score (nSPS) is 11.5. The van der Waals surface area contributed by atoms with Gasteiger partial charge in [-0.3, -0.25) is 4.99 Å². The van der Waals surface area contributed by atoms with Crippen LogP contribution in [0.2, 0.25) is 0 Å². The van der Waals surface area contributed by atoms with Gasteiger partial charge in [-0.05, 0) is 23.8 Å². The first-order valence-corrected chi connectivity index (χ1v) is 8.67. The minimum atomic E-state index is -4.74. The summed E-state index contributed by atoms with van der Waals surface area (Å²) in [6.07, 6.45) is -1.67. The maximum atomic E-state index is 12.5. The molecular formula is C19H20F3IN6O. The van der Waals surface area contributed by atoms with E-state index in [2.05, 4.69) is 30.4 Å². The Morgan fingerprint density at radius 2 is 1.77 bits per heavy atom. The van der Waals surface area contributed by atoms with E-state index in [0.717, 1.165) is 11.3 Å². The lowest BCUT2D eigenvalue weighted by Gasteiger charge is -2.15. The van der Waals surface area contributed by atoms with E-state index in [9.17, 15) is 13.2 Å². The standard InChI is InChI=1S/C19H19F3N6O.HI/c1-23-18(26-11-15-4-2-3-5-17(15)29-19(20,21)22)25-10-14-6-8-16(9-7-14)28-13-24-12-27-28;/h2-9,12-13H,10-11H2,1H3,(H2,23,25,26);1H. The molecule has 1 heterocycles. The second-order valence-electron chi connectivity index (χ2n) is 5.94. The molecule has 0 aliphatic rings. The molecule has 3 rings (SSSR count). The molecule has 0 atom stereocenters. The number of hydrogen-bond donors (Lipinski definition) is 2. The summed E-state index contributed by atoms with van der Waals surface area (Å²) < 4.78 is 43.3. The molecule has 1 aromatic heterocycles. The molecule has 0 saturated heterocycles. The highest BCUT2D eigenvalue weighted by Gasteiger charge is 2.31. The van der Waals surface area contributed by atoms with Gasteiger partial charge in [-0.15, -0.1) is 37.1 Å². The number of rotatable bonds is 6. The molecule has 0 aliphatic heterocycles. The lowest BCUT2D eigenvalue weighted by molar-refractivity contribution is -0.274. The maximum absolute atomic E-state index is 12.5. The highest BCUT2D eigenvalue weighted by Crippen LogP contribution is 2.26. The van der Waals surface area contributed by atoms with Crippen LogP contribution in [0.4, 0.5) is 13.2 Å². The van der Waals surface area contributed by atoms with Crippen molar-refractivity contribution in [2.75, 3.05) is 7.05 Å². The molecule has 0 bridgehead atoms. The van der Waals surface area contributed by atoms with Gasteiger partial charge in [0.2, 0.25) is 0 Å². The first-order valence-electron chi connectivity index (χ1n) is 8.67. The van der Waals surface area contributed by atoms with E-state index in [1.165, 1.54) is 18.5 Å². The Morgan fingerprint density at radius 3 is 2.40 bits per heavy atom. The molecule has 2 N–H and O–H groups in total. The van der Waals surface area contributed by atoms with Crippen molar-refractivity contribution >= 4 is 29.9 Å². The van der Waals surface area contributed by atoms with Gasteiger partial charge in [-0.2, -0.15) is 5.10 Å². The third-order valence-corrected chi connectivity index (χ3v) is 3.95. The van der Waals surface area contributed by atoms with Crippen LogP contribution in [0.15, 0.2) is 66.2 Å². The summed E-state index contributed by atoms with van der Waals surface area (Å²) in [5.74, 6) is 0.207. The zero-order valence-electron chi connectivity index (χ0n) is 15.9. The molecule has 2 aromatic carbocycles. The summed E-state index contributed by atoms with van der Waals surface area (Å²) in [6, 6.07) is 13.7. The second-order valence-corrected chi connectivity index (χ2v) is 5.94. The summed E-state index contributed by atoms with van der Waals surface area (Å²) >= 11 is 0. The van der Waals surface area contributed by atoms with Crippen molar-refractivity contribution in [3.63, 3.8) is 0 Å². The molecule has 0 spiro atoms. The molecular weight excluding hydrogens is 512 g/mol. The van der Waals surface area contributed by atoms with E-state index in [-0.39, 0.29) is 36.3 Å². The average Bonchev–Trinajstić information content (AvgIpc) is 3.23. The number of guanidine groups is 1. The highest BCUT2D eigenvalue weighted by molar-refractivity contribution is 14.0. The Morgan fingerprint density at radius 1 is 1.07 bits per heavy atom. The minimum Gasteiger partial charge on any atom is -0.405 e. The third kappa shape index (κ3) is 6.90. The number of para-hydroxylation sites is 1. The monoisotopic (exact) mass is 532 g/mol. The van der Waals surface area contributed by atoms with Crippen molar-refractivity contribution in [3.05, 3.63) is 72.3 Å². The van der Waals surface area contributed by atoms with Crippen LogP contribution in [0.5, 0.6) is 5.75 Å². The van der Waals surface area contributed by atoms with Crippen molar-refractivity contribution in [3.8, 4) is 11.4 Å². The van der Waals surface area contributed by atoms with Crippen LogP contribution in [0.25, 0.3) is 5.69 Å². The van der Waals surface area contributed by atoms with Gasteiger partial charge in [-0.1, -0.05) is 30.3 Å². The van der Waals surface area contributed by atoms with Gasteiger partial charge in [-0.25, -0.2) is 9.67 Å². The smallest absolute Gasteiger partial charge is 0.405 e. The van der Waals surface area contributed by atoms with Crippen LogP contribution in [0, 0.1) is 0 Å². The van der Waals surface area contributed by atoms with Crippen LogP contribution >= 0.6 is 24.0 Å². The summed E-state index contributed by atoms with van der Waals surface area (Å²) in [6.45, 7) is 0.606. The van der Waals surface area contributed by atoms with E-state index >= 15 is 0 Å². The zero-order valence-corrected chi connectivity index (χ0v) is 18.3. The quantitative estimate of drug-likeness (QED) is 0.288. The number of ether oxygens (including phenoxy) is 1. The fourth-order valence-electron chi connectivity index (χ4n) is 2.57. The topological polar surface area (TPSA) is 76.4 Å². The van der Waals surface area contributed by atoms with Gasteiger partial charge in [0.1, 0.15) is 18.4 Å². The molecule has 11 heteroatoms. The SMILES string of the molecule is CN=C(NCc1ccc(-n2cncn2)cc1)NCc1ccccc1OC(F)(F)F.I. The van der Waals surface area contributed by atoms with Gasteiger partial charge in [0.15, 0.2) is 5.96 Å². The Labute approximate surface area is 188 Å². The molecule has 160 valence electrons. The van der Waals surface area contributed by atoms with Gasteiger partial charge in [0.25, 0.3) is 0 Å². The summed E-state index contributed by atoms with van der Waals surface area (Å²) in [5, 5.41) is 10.2. The Kier molecular flexibility index (Phi) is 8.45. The highest BCUT2D eigenvalue weighted by atomic mass is 127. The number of aromatic nitrogens is 3. The molecule has 7 nitrogen and oxygen atoms in total. The number of nitrogens with one attached hydrogen (secondary N) is 2. The molecule has 0 saturated carbocycles. The first kappa shape index (κ1) is 23.4. The number of benzene rings is 2. The fourth-order valence-corrected chi connectivity index (χ4v) is 2.57. The molecule has 0 aliphatic carbocycles. The van der Waals surface area contributed by atoms with Crippen LogP contribution in [-0.4, -0.2) is 34.1 Å². The maximum Gasteiger partial charge on any atom is 0.573 e. The molecule has 0 radical (unpaired) electrons. The van der Waals surface area contributed by atoms with Crippen LogP contribution in [-0.2, 0) is 13.1 Å². The van der Waals surface area contributed by atoms with Crippen LogP contribution < -0.4 is 15.4 Å². The largest absolute Gasteiger partial charge is 0.573 e. The number of halogens is 4. The van der Waals surface area contributed by atoms with Crippen molar-refractivity contribution in [1.29, 1.82) is 0 Å². The lowest BCUT2D eigenvalue weighted by atomic mass is 10.2. The molecule has 3 aromatic rings. The number of hydrogen-bond acceptors (Lipinski definition) is 4. The molecule has 30 heavy (non-hydrogen) atoms. The van der Waals surface area contributed by atoms with Gasteiger partial charge < -0.3 is 15.4 Å². The van der Waals surface area contributed by atoms with E-state index in [1.807, 2.05) is 24.3 Å². The Bertz CT molecular complexity index is 946. The van der Waals surface area contributed by atoms with Gasteiger partial charge in [0, 0.05) is 25.7 Å². The van der Waals surface area contributed by atoms with E-state index in [4.69, 9.17) is 0 Å². The second kappa shape index (κ2) is 10.8. The van der Waals surface area contributed by atoms with Crippen molar-refractivity contribution in [1.82, 2.24) is 25.4 Å². The van der Waals surface area contributed by atoms with E-state index < -0.39 is 6.36 Å². The van der Waals surface area contributed by atoms with Gasteiger partial charge in [0.05, 0.1) is 5.69 Å². The predicted molar refractivity (Wildman–Crippen MR) is 117 cm³/mol. The van der Waals surface area contributed by atoms with E-state index in [0.29, 0.717) is 18.1 Å². The van der Waals surface area contributed by atoms with E-state index in [1.54, 1.807) is 30.2 Å². The third-order valence-electron chi connectivity index (χ3n) is 3.95. The lowest BCUT2D eigenvalue weighted by Crippen LogP contribution is -2.36.